The van der Waals surface area contributed by atoms with E-state index >= 15 is 0 Å². The van der Waals surface area contributed by atoms with Crippen LogP contribution in [0.1, 0.15) is 29.3 Å². The molecule has 1 atom stereocenters. The van der Waals surface area contributed by atoms with Crippen LogP contribution in [0, 0.1) is 5.92 Å². The second-order valence-electron chi connectivity index (χ2n) is 5.49. The summed E-state index contributed by atoms with van der Waals surface area (Å²) in [5, 5.41) is 0. The van der Waals surface area contributed by atoms with Crippen molar-refractivity contribution in [3.05, 3.63) is 59.7 Å². The first-order valence-corrected chi connectivity index (χ1v) is 7.78. The standard InChI is InChI=1S/C19H21NO4/c1-3-14(11-13-7-9-16(20)10-8-13)19(22)24-17-6-4-5-15(12-17)18(21)23-2/h4-10,12,14H,3,11,20H2,1-2H3. The monoisotopic (exact) mass is 327 g/mol. The molecule has 0 radical (unpaired) electrons. The zero-order valence-electron chi connectivity index (χ0n) is 13.8. The fraction of sp³-hybridized carbons (Fsp3) is 0.263. The summed E-state index contributed by atoms with van der Waals surface area (Å²) in [5.41, 5.74) is 7.73. The van der Waals surface area contributed by atoms with Crippen molar-refractivity contribution in [2.45, 2.75) is 19.8 Å². The van der Waals surface area contributed by atoms with Crippen molar-refractivity contribution in [3.8, 4) is 5.75 Å². The molecule has 0 amide bonds. The van der Waals surface area contributed by atoms with Crippen molar-refractivity contribution in [1.82, 2.24) is 0 Å². The summed E-state index contributed by atoms with van der Waals surface area (Å²) >= 11 is 0. The lowest BCUT2D eigenvalue weighted by atomic mass is 9.97. The summed E-state index contributed by atoms with van der Waals surface area (Å²) in [6.45, 7) is 1.94. The van der Waals surface area contributed by atoms with Crippen LogP contribution in [0.25, 0.3) is 0 Å². The number of benzene rings is 2. The molecule has 2 aromatic rings. The van der Waals surface area contributed by atoms with Gasteiger partial charge in [-0.15, -0.1) is 0 Å². The van der Waals surface area contributed by atoms with Gasteiger partial charge in [-0.05, 0) is 48.7 Å². The smallest absolute Gasteiger partial charge is 0.337 e. The number of methoxy groups -OCH3 is 1. The van der Waals surface area contributed by atoms with Gasteiger partial charge in [0.05, 0.1) is 18.6 Å². The van der Waals surface area contributed by atoms with Gasteiger partial charge in [-0.3, -0.25) is 4.79 Å². The summed E-state index contributed by atoms with van der Waals surface area (Å²) < 4.78 is 10.1. The van der Waals surface area contributed by atoms with Crippen LogP contribution in [0.5, 0.6) is 5.75 Å². The first-order valence-electron chi connectivity index (χ1n) is 7.78. The van der Waals surface area contributed by atoms with Gasteiger partial charge in [0, 0.05) is 5.69 Å². The Bertz CT molecular complexity index is 710. The molecule has 1 unspecified atom stereocenters. The van der Waals surface area contributed by atoms with Crippen molar-refractivity contribution in [1.29, 1.82) is 0 Å². The fourth-order valence-electron chi connectivity index (χ4n) is 2.34. The molecule has 5 heteroatoms. The maximum absolute atomic E-state index is 12.4. The van der Waals surface area contributed by atoms with E-state index < -0.39 is 5.97 Å². The van der Waals surface area contributed by atoms with Crippen LogP contribution in [0.4, 0.5) is 5.69 Å². The third-order valence-electron chi connectivity index (χ3n) is 3.76. The van der Waals surface area contributed by atoms with Gasteiger partial charge in [0.1, 0.15) is 5.75 Å². The number of carbonyl (C=O) groups is 2. The Labute approximate surface area is 141 Å². The van der Waals surface area contributed by atoms with E-state index in [9.17, 15) is 9.59 Å². The topological polar surface area (TPSA) is 78.6 Å². The Kier molecular flexibility index (Phi) is 5.95. The van der Waals surface area contributed by atoms with E-state index in [4.69, 9.17) is 10.5 Å². The molecule has 0 aromatic heterocycles. The molecular weight excluding hydrogens is 306 g/mol. The maximum Gasteiger partial charge on any atom is 0.337 e. The van der Waals surface area contributed by atoms with Crippen LogP contribution in [-0.2, 0) is 16.0 Å². The lowest BCUT2D eigenvalue weighted by Gasteiger charge is -2.14. The van der Waals surface area contributed by atoms with Gasteiger partial charge in [0.2, 0.25) is 0 Å². The lowest BCUT2D eigenvalue weighted by Crippen LogP contribution is -2.22. The van der Waals surface area contributed by atoms with E-state index in [1.807, 2.05) is 31.2 Å². The molecule has 0 bridgehead atoms. The van der Waals surface area contributed by atoms with E-state index in [1.54, 1.807) is 18.2 Å². The van der Waals surface area contributed by atoms with Crippen molar-refractivity contribution in [2.24, 2.45) is 5.92 Å². The van der Waals surface area contributed by atoms with Crippen LogP contribution >= 0.6 is 0 Å². The summed E-state index contributed by atoms with van der Waals surface area (Å²) in [7, 11) is 1.31. The SMILES string of the molecule is CCC(Cc1ccc(N)cc1)C(=O)Oc1cccc(C(=O)OC)c1. The summed E-state index contributed by atoms with van der Waals surface area (Å²) in [6.07, 6.45) is 1.23. The molecule has 2 aromatic carbocycles. The van der Waals surface area contributed by atoms with E-state index in [-0.39, 0.29) is 11.9 Å². The van der Waals surface area contributed by atoms with Crippen LogP contribution in [0.3, 0.4) is 0 Å². The zero-order valence-corrected chi connectivity index (χ0v) is 13.8. The molecule has 126 valence electrons. The molecule has 0 aliphatic rings. The molecule has 5 nitrogen and oxygen atoms in total. The highest BCUT2D eigenvalue weighted by atomic mass is 16.5. The third kappa shape index (κ3) is 4.59. The van der Waals surface area contributed by atoms with E-state index in [0.29, 0.717) is 29.8 Å². The van der Waals surface area contributed by atoms with E-state index in [1.165, 1.54) is 13.2 Å². The quantitative estimate of drug-likeness (QED) is 0.500. The molecule has 0 heterocycles. The number of nitrogens with two attached hydrogens (primary N) is 1. The lowest BCUT2D eigenvalue weighted by molar-refractivity contribution is -0.139. The van der Waals surface area contributed by atoms with Crippen LogP contribution < -0.4 is 10.5 Å². The summed E-state index contributed by atoms with van der Waals surface area (Å²) in [5.74, 6) is -0.729. The normalized spacial score (nSPS) is 11.6. The van der Waals surface area contributed by atoms with Gasteiger partial charge in [-0.25, -0.2) is 4.79 Å². The van der Waals surface area contributed by atoms with E-state index in [0.717, 1.165) is 5.56 Å². The van der Waals surface area contributed by atoms with Crippen LogP contribution in [-0.4, -0.2) is 19.0 Å². The van der Waals surface area contributed by atoms with Crippen molar-refractivity contribution in [3.63, 3.8) is 0 Å². The molecule has 2 N–H and O–H groups in total. The second-order valence-corrected chi connectivity index (χ2v) is 5.49. The highest BCUT2D eigenvalue weighted by Gasteiger charge is 2.20. The number of ether oxygens (including phenoxy) is 2. The first kappa shape index (κ1) is 17.5. The molecule has 0 spiro atoms. The minimum atomic E-state index is -0.471. The van der Waals surface area contributed by atoms with Crippen molar-refractivity contribution < 1.29 is 19.1 Å². The Hall–Kier alpha value is -2.82. The molecule has 0 saturated carbocycles. The average molecular weight is 327 g/mol. The summed E-state index contributed by atoms with van der Waals surface area (Å²) in [6, 6.07) is 13.8. The van der Waals surface area contributed by atoms with Crippen molar-refractivity contribution >= 4 is 17.6 Å². The van der Waals surface area contributed by atoms with Gasteiger partial charge >= 0.3 is 11.9 Å². The van der Waals surface area contributed by atoms with Gasteiger partial charge in [0.25, 0.3) is 0 Å². The average Bonchev–Trinajstić information content (AvgIpc) is 2.60. The number of esters is 2. The first-order chi connectivity index (χ1) is 11.5. The Morgan fingerprint density at radius 2 is 1.83 bits per heavy atom. The predicted molar refractivity (Wildman–Crippen MR) is 91.8 cm³/mol. The van der Waals surface area contributed by atoms with Gasteiger partial charge < -0.3 is 15.2 Å². The molecular formula is C19H21NO4. The highest BCUT2D eigenvalue weighted by molar-refractivity contribution is 5.90. The highest BCUT2D eigenvalue weighted by Crippen LogP contribution is 2.19. The molecule has 24 heavy (non-hydrogen) atoms. The molecule has 0 aliphatic heterocycles. The van der Waals surface area contributed by atoms with Crippen LogP contribution in [0.2, 0.25) is 0 Å². The number of hydrogen-bond acceptors (Lipinski definition) is 5. The van der Waals surface area contributed by atoms with Gasteiger partial charge in [-0.2, -0.15) is 0 Å². The largest absolute Gasteiger partial charge is 0.465 e. The van der Waals surface area contributed by atoms with Gasteiger partial charge in [-0.1, -0.05) is 25.1 Å². The zero-order chi connectivity index (χ0) is 17.5. The van der Waals surface area contributed by atoms with E-state index in [2.05, 4.69) is 4.74 Å². The maximum atomic E-state index is 12.4. The third-order valence-corrected chi connectivity index (χ3v) is 3.76. The van der Waals surface area contributed by atoms with Crippen molar-refractivity contribution in [2.75, 3.05) is 12.8 Å². The number of nitrogen functional groups attached to an aromatic ring is 1. The molecule has 0 fully saturated rings. The minimum Gasteiger partial charge on any atom is -0.465 e. The Morgan fingerprint density at radius 1 is 1.12 bits per heavy atom. The Balaban J connectivity index is 2.06. The second kappa shape index (κ2) is 8.15. The Morgan fingerprint density at radius 3 is 2.46 bits per heavy atom. The van der Waals surface area contributed by atoms with Crippen LogP contribution in [0.15, 0.2) is 48.5 Å². The molecule has 0 saturated heterocycles. The predicted octanol–water partition coefficient (Wildman–Crippen LogP) is 3.23. The number of hydrogen-bond donors (Lipinski definition) is 1. The fourth-order valence-corrected chi connectivity index (χ4v) is 2.34. The molecule has 0 aliphatic carbocycles. The minimum absolute atomic E-state index is 0.268. The molecule has 2 rings (SSSR count). The summed E-state index contributed by atoms with van der Waals surface area (Å²) in [4.78, 5) is 23.9. The number of carbonyl (C=O) groups excluding carboxylic acids is 2. The number of rotatable bonds is 6. The number of anilines is 1. The van der Waals surface area contributed by atoms with Gasteiger partial charge in [0.15, 0.2) is 0 Å².